The van der Waals surface area contributed by atoms with Crippen molar-refractivity contribution in [1.29, 1.82) is 0 Å². The first-order chi connectivity index (χ1) is 12.8. The van der Waals surface area contributed by atoms with Gasteiger partial charge in [-0.1, -0.05) is 71.9 Å². The topological polar surface area (TPSA) is 64.3 Å². The quantitative estimate of drug-likeness (QED) is 0.774. The average Bonchev–Trinajstić information content (AvgIpc) is 2.99. The third-order valence-electron chi connectivity index (χ3n) is 3.48. The Hall–Kier alpha value is -2.08. The molecular weight excluding hydrogens is 335 g/mol. The van der Waals surface area contributed by atoms with E-state index in [1.54, 1.807) is 6.20 Å². The van der Waals surface area contributed by atoms with Gasteiger partial charge in [0.1, 0.15) is 5.82 Å². The molecule has 0 saturated carbocycles. The van der Waals surface area contributed by atoms with Crippen molar-refractivity contribution in [3.8, 4) is 0 Å². The molecule has 6 heteroatoms. The van der Waals surface area contributed by atoms with Gasteiger partial charge in [-0.15, -0.1) is 0 Å². The fourth-order valence-electron chi connectivity index (χ4n) is 2.53. The summed E-state index contributed by atoms with van der Waals surface area (Å²) >= 11 is 0. The Morgan fingerprint density at radius 1 is 1.00 bits per heavy atom. The number of benzene rings is 1. The normalized spacial score (nSPS) is 15.2. The fourth-order valence-corrected chi connectivity index (χ4v) is 2.53. The fraction of sp³-hybridized carbons (Fsp3) is 0.524. The van der Waals surface area contributed by atoms with E-state index in [1.807, 2.05) is 65.8 Å². The summed E-state index contributed by atoms with van der Waals surface area (Å²) in [6.07, 6.45) is 2.68. The molecule has 5 nitrogen and oxygen atoms in total. The first-order valence-corrected chi connectivity index (χ1v) is 9.82. The summed E-state index contributed by atoms with van der Waals surface area (Å²) in [5.74, 6) is 1.16. The molecule has 2 aromatic rings. The van der Waals surface area contributed by atoms with Gasteiger partial charge in [0.15, 0.2) is 0 Å². The Morgan fingerprint density at radius 2 is 1.63 bits per heavy atom. The van der Waals surface area contributed by atoms with E-state index in [4.69, 9.17) is 10.5 Å². The van der Waals surface area contributed by atoms with Crippen LogP contribution in [0.1, 0.15) is 59.6 Å². The molecule has 3 radical (unpaired) electrons. The minimum absolute atomic E-state index is 0. The maximum atomic E-state index is 5.73. The van der Waals surface area contributed by atoms with Gasteiger partial charge in [0.25, 0.3) is 0 Å². The lowest BCUT2D eigenvalue weighted by Gasteiger charge is -2.30. The number of hydrogen-bond donors (Lipinski definition) is 1. The minimum atomic E-state index is 0. The molecule has 3 rings (SSSR count). The largest absolute Gasteiger partial charge is 0.379 e. The molecular formula is C21H36BN4O. The van der Waals surface area contributed by atoms with E-state index in [1.165, 1.54) is 5.56 Å². The number of nitrogen functional groups attached to an aromatic ring is 1. The number of nitrogens with zero attached hydrogens (tertiary/aromatic N) is 3. The Morgan fingerprint density at radius 3 is 2.22 bits per heavy atom. The SMILES string of the molecule is CC.CC.CC.Nc1nccc(N2CCCOCC2c2ccccc2)n1.[B]. The molecule has 0 amide bonds. The predicted molar refractivity (Wildman–Crippen MR) is 118 cm³/mol. The second-order valence-corrected chi connectivity index (χ2v) is 4.82. The van der Waals surface area contributed by atoms with Crippen LogP contribution in [0.15, 0.2) is 42.6 Å². The van der Waals surface area contributed by atoms with Gasteiger partial charge in [-0.2, -0.15) is 4.98 Å². The first-order valence-electron chi connectivity index (χ1n) is 9.82. The molecule has 149 valence electrons. The lowest BCUT2D eigenvalue weighted by Crippen LogP contribution is -2.31. The minimum Gasteiger partial charge on any atom is -0.379 e. The summed E-state index contributed by atoms with van der Waals surface area (Å²) in [5, 5.41) is 0. The zero-order chi connectivity index (χ0) is 19.8. The molecule has 1 atom stereocenters. The Bertz CT molecular complexity index is 569. The Kier molecular flexibility index (Phi) is 17.4. The molecule has 1 aliphatic heterocycles. The summed E-state index contributed by atoms with van der Waals surface area (Å²) in [5.41, 5.74) is 6.94. The van der Waals surface area contributed by atoms with E-state index in [9.17, 15) is 0 Å². The molecule has 2 N–H and O–H groups in total. The molecule has 0 aliphatic carbocycles. The van der Waals surface area contributed by atoms with Gasteiger partial charge in [-0.3, -0.25) is 0 Å². The van der Waals surface area contributed by atoms with Gasteiger partial charge >= 0.3 is 0 Å². The Balaban J connectivity index is 0. The zero-order valence-electron chi connectivity index (χ0n) is 17.9. The highest BCUT2D eigenvalue weighted by Gasteiger charge is 2.24. The van der Waals surface area contributed by atoms with Crippen LogP contribution in [0.4, 0.5) is 11.8 Å². The molecule has 0 spiro atoms. The maximum absolute atomic E-state index is 5.73. The maximum Gasteiger partial charge on any atom is 0.221 e. The first kappa shape index (κ1) is 27.1. The monoisotopic (exact) mass is 371 g/mol. The number of ether oxygens (including phenoxy) is 1. The number of nitrogens with two attached hydrogens (primary N) is 1. The standard InChI is InChI=1S/C15H18N4O.3C2H6.B/c16-15-17-8-7-14(18-15)19-9-4-10-20-11-13(19)12-5-2-1-3-6-12;3*1-2;/h1-3,5-8,13H,4,9-11H2,(H2,16,17,18);3*1-2H3;. The van der Waals surface area contributed by atoms with Gasteiger partial charge in [0.2, 0.25) is 5.95 Å². The molecule has 1 aliphatic rings. The number of hydrogen-bond acceptors (Lipinski definition) is 5. The van der Waals surface area contributed by atoms with Crippen LogP contribution < -0.4 is 10.6 Å². The van der Waals surface area contributed by atoms with E-state index >= 15 is 0 Å². The van der Waals surface area contributed by atoms with Gasteiger partial charge < -0.3 is 15.4 Å². The molecule has 1 saturated heterocycles. The van der Waals surface area contributed by atoms with E-state index in [-0.39, 0.29) is 14.5 Å². The van der Waals surface area contributed by atoms with Crippen LogP contribution in [0, 0.1) is 0 Å². The van der Waals surface area contributed by atoms with Crippen LogP contribution in [0.2, 0.25) is 0 Å². The van der Waals surface area contributed by atoms with Gasteiger partial charge in [-0.05, 0) is 18.1 Å². The van der Waals surface area contributed by atoms with Gasteiger partial charge in [-0.25, -0.2) is 4.98 Å². The van der Waals surface area contributed by atoms with Crippen LogP contribution in [-0.4, -0.2) is 38.1 Å². The van der Waals surface area contributed by atoms with Gasteiger partial charge in [0.05, 0.1) is 12.6 Å². The number of aromatic nitrogens is 2. The van der Waals surface area contributed by atoms with Crippen molar-refractivity contribution in [2.45, 2.75) is 54.0 Å². The predicted octanol–water partition coefficient (Wildman–Crippen LogP) is 4.72. The summed E-state index contributed by atoms with van der Waals surface area (Å²) in [6, 6.07) is 12.4. The summed E-state index contributed by atoms with van der Waals surface area (Å²) in [7, 11) is 0. The van der Waals surface area contributed by atoms with Gasteiger partial charge in [0, 0.05) is 27.8 Å². The van der Waals surface area contributed by atoms with Crippen molar-refractivity contribution in [3.63, 3.8) is 0 Å². The molecule has 1 unspecified atom stereocenters. The molecule has 27 heavy (non-hydrogen) atoms. The Labute approximate surface area is 167 Å². The van der Waals surface area contributed by atoms with Crippen molar-refractivity contribution in [1.82, 2.24) is 9.97 Å². The van der Waals surface area contributed by atoms with Crippen LogP contribution in [0.3, 0.4) is 0 Å². The van der Waals surface area contributed by atoms with Crippen molar-refractivity contribution in [2.75, 3.05) is 30.4 Å². The molecule has 1 aromatic carbocycles. The highest BCUT2D eigenvalue weighted by Crippen LogP contribution is 2.28. The molecule has 1 fully saturated rings. The molecule has 2 heterocycles. The summed E-state index contributed by atoms with van der Waals surface area (Å²) < 4.78 is 5.73. The number of anilines is 2. The third-order valence-corrected chi connectivity index (χ3v) is 3.48. The number of rotatable bonds is 2. The van der Waals surface area contributed by atoms with Crippen molar-refractivity contribution in [3.05, 3.63) is 48.2 Å². The van der Waals surface area contributed by atoms with E-state index in [0.29, 0.717) is 12.6 Å². The second kappa shape index (κ2) is 17.3. The van der Waals surface area contributed by atoms with Crippen molar-refractivity contribution >= 4 is 20.2 Å². The van der Waals surface area contributed by atoms with Crippen LogP contribution in [0.5, 0.6) is 0 Å². The van der Waals surface area contributed by atoms with Crippen molar-refractivity contribution in [2.24, 2.45) is 0 Å². The zero-order valence-corrected chi connectivity index (χ0v) is 17.9. The smallest absolute Gasteiger partial charge is 0.221 e. The van der Waals surface area contributed by atoms with E-state index in [2.05, 4.69) is 27.0 Å². The lowest BCUT2D eigenvalue weighted by atomic mass is 10.1. The highest BCUT2D eigenvalue weighted by atomic mass is 16.5. The summed E-state index contributed by atoms with van der Waals surface area (Å²) in [6.45, 7) is 14.3. The van der Waals surface area contributed by atoms with E-state index < -0.39 is 0 Å². The summed E-state index contributed by atoms with van der Waals surface area (Å²) in [4.78, 5) is 10.6. The highest BCUT2D eigenvalue weighted by molar-refractivity contribution is 5.75. The van der Waals surface area contributed by atoms with E-state index in [0.717, 1.165) is 25.4 Å². The van der Waals surface area contributed by atoms with Crippen LogP contribution in [-0.2, 0) is 4.74 Å². The lowest BCUT2D eigenvalue weighted by molar-refractivity contribution is 0.134. The average molecular weight is 371 g/mol. The molecule has 1 aromatic heterocycles. The third kappa shape index (κ3) is 8.91. The molecule has 0 bridgehead atoms. The van der Waals surface area contributed by atoms with Crippen molar-refractivity contribution < 1.29 is 4.74 Å². The van der Waals surface area contributed by atoms with Crippen LogP contribution in [0.25, 0.3) is 0 Å². The van der Waals surface area contributed by atoms with Crippen LogP contribution >= 0.6 is 0 Å². The second-order valence-electron chi connectivity index (χ2n) is 4.82.